The second-order valence-electron chi connectivity index (χ2n) is 7.50. The largest absolute Gasteiger partial charge is 0.491 e. The highest BCUT2D eigenvalue weighted by Gasteiger charge is 2.11. The third-order valence-electron chi connectivity index (χ3n) is 4.96. The SMILES string of the molecule is Cc1cc(CCCc2ccc(CO)c(CO)c2)ccc1OCC(O)C(C)C. The molecule has 148 valence electrons. The van der Waals surface area contributed by atoms with Gasteiger partial charge in [-0.15, -0.1) is 0 Å². The zero-order valence-corrected chi connectivity index (χ0v) is 16.6. The van der Waals surface area contributed by atoms with Crippen molar-refractivity contribution in [3.63, 3.8) is 0 Å². The van der Waals surface area contributed by atoms with Crippen molar-refractivity contribution in [1.82, 2.24) is 0 Å². The molecule has 0 spiro atoms. The maximum atomic E-state index is 9.87. The molecule has 0 radical (unpaired) electrons. The minimum Gasteiger partial charge on any atom is -0.491 e. The molecule has 0 aromatic heterocycles. The summed E-state index contributed by atoms with van der Waals surface area (Å²) in [6.45, 7) is 6.21. The second kappa shape index (κ2) is 10.5. The summed E-state index contributed by atoms with van der Waals surface area (Å²) >= 11 is 0. The van der Waals surface area contributed by atoms with Gasteiger partial charge in [0.2, 0.25) is 0 Å². The van der Waals surface area contributed by atoms with E-state index in [4.69, 9.17) is 4.74 Å². The van der Waals surface area contributed by atoms with Gasteiger partial charge in [0.15, 0.2) is 0 Å². The summed E-state index contributed by atoms with van der Waals surface area (Å²) in [6.07, 6.45) is 2.45. The Hall–Kier alpha value is -1.88. The third kappa shape index (κ3) is 6.35. The summed E-state index contributed by atoms with van der Waals surface area (Å²) in [6, 6.07) is 12.1. The minimum atomic E-state index is -0.454. The summed E-state index contributed by atoms with van der Waals surface area (Å²) < 4.78 is 5.74. The van der Waals surface area contributed by atoms with Crippen LogP contribution >= 0.6 is 0 Å². The van der Waals surface area contributed by atoms with Crippen LogP contribution in [-0.4, -0.2) is 28.0 Å². The van der Waals surface area contributed by atoms with E-state index in [9.17, 15) is 15.3 Å². The van der Waals surface area contributed by atoms with Crippen LogP contribution in [0.3, 0.4) is 0 Å². The molecule has 0 aliphatic heterocycles. The van der Waals surface area contributed by atoms with E-state index in [2.05, 4.69) is 12.1 Å². The number of hydrogen-bond acceptors (Lipinski definition) is 4. The highest BCUT2D eigenvalue weighted by molar-refractivity contribution is 5.36. The Bertz CT molecular complexity index is 724. The van der Waals surface area contributed by atoms with Crippen molar-refractivity contribution in [3.8, 4) is 5.75 Å². The van der Waals surface area contributed by atoms with E-state index in [-0.39, 0.29) is 19.1 Å². The highest BCUT2D eigenvalue weighted by atomic mass is 16.5. The van der Waals surface area contributed by atoms with Crippen LogP contribution in [0.2, 0.25) is 0 Å². The topological polar surface area (TPSA) is 69.9 Å². The van der Waals surface area contributed by atoms with Crippen LogP contribution in [0, 0.1) is 12.8 Å². The number of aliphatic hydroxyl groups is 3. The fraction of sp³-hybridized carbons (Fsp3) is 0.478. The molecule has 27 heavy (non-hydrogen) atoms. The van der Waals surface area contributed by atoms with Crippen molar-refractivity contribution < 1.29 is 20.1 Å². The monoisotopic (exact) mass is 372 g/mol. The molecule has 0 heterocycles. The van der Waals surface area contributed by atoms with Gasteiger partial charge in [0.05, 0.1) is 19.3 Å². The summed E-state index contributed by atoms with van der Waals surface area (Å²) in [5.41, 5.74) is 5.11. The van der Waals surface area contributed by atoms with Crippen LogP contribution in [0.4, 0.5) is 0 Å². The van der Waals surface area contributed by atoms with Crippen LogP contribution < -0.4 is 4.74 Å². The Morgan fingerprint density at radius 3 is 2.11 bits per heavy atom. The first-order chi connectivity index (χ1) is 12.9. The van der Waals surface area contributed by atoms with Gasteiger partial charge in [-0.3, -0.25) is 0 Å². The van der Waals surface area contributed by atoms with Gasteiger partial charge in [0, 0.05) is 0 Å². The van der Waals surface area contributed by atoms with Crippen molar-refractivity contribution in [2.24, 2.45) is 5.92 Å². The average molecular weight is 373 g/mol. The molecule has 4 nitrogen and oxygen atoms in total. The van der Waals surface area contributed by atoms with Crippen molar-refractivity contribution in [1.29, 1.82) is 0 Å². The number of benzene rings is 2. The van der Waals surface area contributed by atoms with Crippen LogP contribution in [-0.2, 0) is 26.1 Å². The molecule has 2 rings (SSSR count). The maximum Gasteiger partial charge on any atom is 0.122 e. The molecule has 0 saturated carbocycles. The molecule has 0 fully saturated rings. The maximum absolute atomic E-state index is 9.87. The van der Waals surface area contributed by atoms with E-state index in [0.29, 0.717) is 6.61 Å². The lowest BCUT2D eigenvalue weighted by molar-refractivity contribution is 0.0698. The number of rotatable bonds is 10. The lowest BCUT2D eigenvalue weighted by Crippen LogP contribution is -2.23. The fourth-order valence-electron chi connectivity index (χ4n) is 3.03. The lowest BCUT2D eigenvalue weighted by Gasteiger charge is -2.17. The lowest BCUT2D eigenvalue weighted by atomic mass is 9.99. The third-order valence-corrected chi connectivity index (χ3v) is 4.96. The molecule has 2 aromatic rings. The molecule has 3 N–H and O–H groups in total. The summed E-state index contributed by atoms with van der Waals surface area (Å²) in [5, 5.41) is 28.6. The van der Waals surface area contributed by atoms with Gasteiger partial charge in [-0.1, -0.05) is 44.2 Å². The first-order valence-corrected chi connectivity index (χ1v) is 9.67. The Balaban J connectivity index is 1.88. The number of ether oxygens (including phenoxy) is 1. The van der Waals surface area contributed by atoms with Crippen LogP contribution in [0.5, 0.6) is 5.75 Å². The second-order valence-corrected chi connectivity index (χ2v) is 7.50. The quantitative estimate of drug-likeness (QED) is 0.596. The Morgan fingerprint density at radius 2 is 1.52 bits per heavy atom. The van der Waals surface area contributed by atoms with Crippen LogP contribution in [0.15, 0.2) is 36.4 Å². The van der Waals surface area contributed by atoms with Crippen molar-refractivity contribution in [3.05, 3.63) is 64.2 Å². The zero-order chi connectivity index (χ0) is 19.8. The summed E-state index contributed by atoms with van der Waals surface area (Å²) in [7, 11) is 0. The van der Waals surface area contributed by atoms with E-state index in [1.54, 1.807) is 0 Å². The first-order valence-electron chi connectivity index (χ1n) is 9.67. The highest BCUT2D eigenvalue weighted by Crippen LogP contribution is 2.21. The molecule has 0 amide bonds. The Labute approximate surface area is 162 Å². The Kier molecular flexibility index (Phi) is 8.29. The van der Waals surface area contributed by atoms with E-state index in [1.807, 2.05) is 45.0 Å². The molecule has 0 saturated heterocycles. The number of hydrogen-bond donors (Lipinski definition) is 3. The van der Waals surface area contributed by atoms with E-state index in [1.165, 1.54) is 11.1 Å². The molecule has 0 bridgehead atoms. The molecular weight excluding hydrogens is 340 g/mol. The van der Waals surface area contributed by atoms with Gasteiger partial charge in [-0.2, -0.15) is 0 Å². The van der Waals surface area contributed by atoms with Gasteiger partial charge < -0.3 is 20.1 Å². The molecule has 4 heteroatoms. The van der Waals surface area contributed by atoms with E-state index < -0.39 is 6.10 Å². The van der Waals surface area contributed by atoms with Gasteiger partial charge in [-0.05, 0) is 66.0 Å². The normalized spacial score (nSPS) is 12.4. The van der Waals surface area contributed by atoms with Gasteiger partial charge >= 0.3 is 0 Å². The number of aliphatic hydroxyl groups excluding tert-OH is 3. The van der Waals surface area contributed by atoms with Crippen molar-refractivity contribution in [2.75, 3.05) is 6.61 Å². The molecular formula is C23H32O4. The molecule has 1 unspecified atom stereocenters. The van der Waals surface area contributed by atoms with Gasteiger partial charge in [0.1, 0.15) is 12.4 Å². The van der Waals surface area contributed by atoms with Gasteiger partial charge in [0.25, 0.3) is 0 Å². The predicted molar refractivity (Wildman–Crippen MR) is 108 cm³/mol. The van der Waals surface area contributed by atoms with E-state index in [0.717, 1.165) is 41.7 Å². The van der Waals surface area contributed by atoms with Crippen molar-refractivity contribution in [2.45, 2.75) is 59.4 Å². The predicted octanol–water partition coefficient (Wildman–Crippen LogP) is 3.55. The Morgan fingerprint density at radius 1 is 0.889 bits per heavy atom. The summed E-state index contributed by atoms with van der Waals surface area (Å²) in [4.78, 5) is 0. The first kappa shape index (κ1) is 21.4. The van der Waals surface area contributed by atoms with Crippen LogP contribution in [0.25, 0.3) is 0 Å². The van der Waals surface area contributed by atoms with Gasteiger partial charge in [-0.25, -0.2) is 0 Å². The minimum absolute atomic E-state index is 0.0436. The molecule has 1 atom stereocenters. The fourth-order valence-corrected chi connectivity index (χ4v) is 3.03. The molecule has 0 aliphatic carbocycles. The molecule has 0 aliphatic rings. The molecule has 2 aromatic carbocycles. The average Bonchev–Trinajstić information content (AvgIpc) is 2.66. The van der Waals surface area contributed by atoms with E-state index >= 15 is 0 Å². The van der Waals surface area contributed by atoms with Crippen LogP contribution in [0.1, 0.15) is 48.1 Å². The number of aryl methyl sites for hydroxylation is 3. The smallest absolute Gasteiger partial charge is 0.122 e. The zero-order valence-electron chi connectivity index (χ0n) is 16.6. The standard InChI is InChI=1S/C23H32O4/c1-16(2)22(26)15-27-23-10-8-18(11-17(23)3)5-4-6-19-7-9-20(13-24)21(12-19)14-25/h7-12,16,22,24-26H,4-6,13-15H2,1-3H3. The summed E-state index contributed by atoms with van der Waals surface area (Å²) in [5.74, 6) is 1.01. The van der Waals surface area contributed by atoms with Crippen molar-refractivity contribution >= 4 is 0 Å².